The number of anilines is 2. The van der Waals surface area contributed by atoms with E-state index in [0.29, 0.717) is 17.5 Å². The summed E-state index contributed by atoms with van der Waals surface area (Å²) in [5.41, 5.74) is 7.35. The number of para-hydroxylation sites is 1. The van der Waals surface area contributed by atoms with Crippen LogP contribution in [0, 0.1) is 11.8 Å². The molecule has 92 valence electrons. The third-order valence-electron chi connectivity index (χ3n) is 3.64. The SMILES string of the molecule is CC1CN(c2cccc(C(=O)O)c2N)CC1C. The monoisotopic (exact) mass is 234 g/mol. The van der Waals surface area contributed by atoms with Crippen LogP contribution in [-0.4, -0.2) is 24.2 Å². The van der Waals surface area contributed by atoms with E-state index in [0.717, 1.165) is 18.8 Å². The van der Waals surface area contributed by atoms with E-state index in [1.165, 1.54) is 0 Å². The highest BCUT2D eigenvalue weighted by molar-refractivity contribution is 5.97. The van der Waals surface area contributed by atoms with Gasteiger partial charge in [0.15, 0.2) is 0 Å². The fourth-order valence-electron chi connectivity index (χ4n) is 2.34. The predicted molar refractivity (Wildman–Crippen MR) is 68.4 cm³/mol. The molecular weight excluding hydrogens is 216 g/mol. The number of carboxylic acid groups (broad SMARTS) is 1. The first-order valence-corrected chi connectivity index (χ1v) is 5.87. The molecule has 0 spiro atoms. The van der Waals surface area contributed by atoms with Gasteiger partial charge in [0, 0.05) is 13.1 Å². The van der Waals surface area contributed by atoms with Crippen LogP contribution in [-0.2, 0) is 0 Å². The van der Waals surface area contributed by atoms with Crippen LogP contribution < -0.4 is 10.6 Å². The minimum Gasteiger partial charge on any atom is -0.478 e. The summed E-state index contributed by atoms with van der Waals surface area (Å²) in [6.07, 6.45) is 0. The molecule has 0 aromatic heterocycles. The van der Waals surface area contributed by atoms with Gasteiger partial charge >= 0.3 is 5.97 Å². The Morgan fingerprint density at radius 3 is 2.47 bits per heavy atom. The van der Waals surface area contributed by atoms with Crippen LogP contribution in [0.4, 0.5) is 11.4 Å². The van der Waals surface area contributed by atoms with Gasteiger partial charge < -0.3 is 15.7 Å². The normalized spacial score (nSPS) is 24.0. The molecule has 1 fully saturated rings. The van der Waals surface area contributed by atoms with E-state index in [9.17, 15) is 4.79 Å². The van der Waals surface area contributed by atoms with E-state index in [-0.39, 0.29) is 5.56 Å². The molecule has 2 atom stereocenters. The minimum absolute atomic E-state index is 0.190. The molecule has 0 radical (unpaired) electrons. The van der Waals surface area contributed by atoms with E-state index >= 15 is 0 Å². The lowest BCUT2D eigenvalue weighted by molar-refractivity contribution is 0.0698. The molecule has 0 bridgehead atoms. The first-order valence-electron chi connectivity index (χ1n) is 5.87. The molecule has 1 aromatic carbocycles. The molecule has 4 nitrogen and oxygen atoms in total. The number of rotatable bonds is 2. The van der Waals surface area contributed by atoms with Crippen molar-refractivity contribution >= 4 is 17.3 Å². The summed E-state index contributed by atoms with van der Waals surface area (Å²) in [7, 11) is 0. The Kier molecular flexibility index (Phi) is 2.96. The molecule has 0 saturated carbocycles. The average Bonchev–Trinajstić information content (AvgIpc) is 2.59. The molecule has 1 aliphatic heterocycles. The van der Waals surface area contributed by atoms with Crippen molar-refractivity contribution in [3.63, 3.8) is 0 Å². The maximum atomic E-state index is 11.0. The number of carboxylic acids is 1. The molecule has 1 aromatic rings. The molecular formula is C13H18N2O2. The van der Waals surface area contributed by atoms with Gasteiger partial charge in [-0.3, -0.25) is 0 Å². The molecule has 1 aliphatic rings. The van der Waals surface area contributed by atoms with Gasteiger partial charge in [-0.25, -0.2) is 4.79 Å². The maximum Gasteiger partial charge on any atom is 0.337 e. The zero-order valence-corrected chi connectivity index (χ0v) is 10.2. The fourth-order valence-corrected chi connectivity index (χ4v) is 2.34. The highest BCUT2D eigenvalue weighted by Crippen LogP contribution is 2.33. The van der Waals surface area contributed by atoms with Gasteiger partial charge in [0.25, 0.3) is 0 Å². The van der Waals surface area contributed by atoms with Crippen molar-refractivity contribution < 1.29 is 9.90 Å². The number of carbonyl (C=O) groups is 1. The van der Waals surface area contributed by atoms with Crippen molar-refractivity contribution in [1.29, 1.82) is 0 Å². The van der Waals surface area contributed by atoms with Gasteiger partial charge in [-0.05, 0) is 24.0 Å². The van der Waals surface area contributed by atoms with Crippen LogP contribution in [0.2, 0.25) is 0 Å². The Morgan fingerprint density at radius 1 is 1.35 bits per heavy atom. The summed E-state index contributed by atoms with van der Waals surface area (Å²) in [6, 6.07) is 5.19. The number of aromatic carboxylic acids is 1. The second-order valence-corrected chi connectivity index (χ2v) is 4.90. The molecule has 2 unspecified atom stereocenters. The third-order valence-corrected chi connectivity index (χ3v) is 3.64. The summed E-state index contributed by atoms with van der Waals surface area (Å²) in [5.74, 6) is 0.260. The molecule has 3 N–H and O–H groups in total. The largest absolute Gasteiger partial charge is 0.478 e. The molecule has 0 amide bonds. The molecule has 17 heavy (non-hydrogen) atoms. The van der Waals surface area contributed by atoms with Crippen molar-refractivity contribution in [2.75, 3.05) is 23.7 Å². The van der Waals surface area contributed by atoms with Crippen LogP contribution in [0.15, 0.2) is 18.2 Å². The zero-order chi connectivity index (χ0) is 12.6. The van der Waals surface area contributed by atoms with Crippen molar-refractivity contribution in [2.45, 2.75) is 13.8 Å². The van der Waals surface area contributed by atoms with E-state index in [2.05, 4.69) is 18.7 Å². The lowest BCUT2D eigenvalue weighted by Crippen LogP contribution is -2.21. The first kappa shape index (κ1) is 11.8. The third kappa shape index (κ3) is 2.07. The van der Waals surface area contributed by atoms with Crippen LogP contribution in [0.5, 0.6) is 0 Å². The van der Waals surface area contributed by atoms with Gasteiger partial charge in [-0.1, -0.05) is 19.9 Å². The summed E-state index contributed by atoms with van der Waals surface area (Å²) < 4.78 is 0. The zero-order valence-electron chi connectivity index (χ0n) is 10.2. The number of hydrogen-bond acceptors (Lipinski definition) is 3. The van der Waals surface area contributed by atoms with Gasteiger partial charge in [0.2, 0.25) is 0 Å². The van der Waals surface area contributed by atoms with Crippen LogP contribution >= 0.6 is 0 Å². The van der Waals surface area contributed by atoms with Crippen LogP contribution in [0.25, 0.3) is 0 Å². The Bertz CT molecular complexity index is 435. The second-order valence-electron chi connectivity index (χ2n) is 4.90. The molecule has 1 saturated heterocycles. The maximum absolute atomic E-state index is 11.0. The van der Waals surface area contributed by atoms with Gasteiger partial charge in [-0.2, -0.15) is 0 Å². The number of nitrogens with two attached hydrogens (primary N) is 1. The fraction of sp³-hybridized carbons (Fsp3) is 0.462. The van der Waals surface area contributed by atoms with Gasteiger partial charge in [-0.15, -0.1) is 0 Å². The molecule has 4 heteroatoms. The Labute approximate surface area is 101 Å². The number of hydrogen-bond donors (Lipinski definition) is 2. The second kappa shape index (κ2) is 4.28. The predicted octanol–water partition coefficient (Wildman–Crippen LogP) is 2.06. The van der Waals surface area contributed by atoms with E-state index in [1.807, 2.05) is 6.07 Å². The lowest BCUT2D eigenvalue weighted by Gasteiger charge is -2.21. The quantitative estimate of drug-likeness (QED) is 0.769. The summed E-state index contributed by atoms with van der Waals surface area (Å²) in [5, 5.41) is 9.04. The number of nitrogen functional groups attached to an aromatic ring is 1. The van der Waals surface area contributed by atoms with Crippen LogP contribution in [0.1, 0.15) is 24.2 Å². The first-order chi connectivity index (χ1) is 8.00. The highest BCUT2D eigenvalue weighted by Gasteiger charge is 2.28. The average molecular weight is 234 g/mol. The highest BCUT2D eigenvalue weighted by atomic mass is 16.4. The van der Waals surface area contributed by atoms with Crippen LogP contribution in [0.3, 0.4) is 0 Å². The molecule has 0 aliphatic carbocycles. The number of nitrogens with zero attached hydrogens (tertiary/aromatic N) is 1. The van der Waals surface area contributed by atoms with Crippen molar-refractivity contribution in [3.8, 4) is 0 Å². The van der Waals surface area contributed by atoms with E-state index in [1.54, 1.807) is 12.1 Å². The Balaban J connectivity index is 2.34. The van der Waals surface area contributed by atoms with Gasteiger partial charge in [0.05, 0.1) is 16.9 Å². The molecule has 2 rings (SSSR count). The van der Waals surface area contributed by atoms with Crippen molar-refractivity contribution in [2.24, 2.45) is 11.8 Å². The smallest absolute Gasteiger partial charge is 0.337 e. The summed E-state index contributed by atoms with van der Waals surface area (Å²) >= 11 is 0. The Morgan fingerprint density at radius 2 is 1.94 bits per heavy atom. The van der Waals surface area contributed by atoms with E-state index < -0.39 is 5.97 Å². The Hall–Kier alpha value is -1.71. The van der Waals surface area contributed by atoms with Crippen molar-refractivity contribution in [3.05, 3.63) is 23.8 Å². The molecule has 1 heterocycles. The number of benzene rings is 1. The minimum atomic E-state index is -0.968. The standard InChI is InChI=1S/C13H18N2O2/c1-8-6-15(7-9(8)2)11-5-3-4-10(12(11)14)13(16)17/h3-5,8-9H,6-7,14H2,1-2H3,(H,16,17). The summed E-state index contributed by atoms with van der Waals surface area (Å²) in [6.45, 7) is 6.30. The lowest BCUT2D eigenvalue weighted by atomic mass is 10.0. The van der Waals surface area contributed by atoms with Gasteiger partial charge in [0.1, 0.15) is 0 Å². The van der Waals surface area contributed by atoms with Crippen molar-refractivity contribution in [1.82, 2.24) is 0 Å². The topological polar surface area (TPSA) is 66.6 Å². The summed E-state index contributed by atoms with van der Waals surface area (Å²) in [4.78, 5) is 13.2. The van der Waals surface area contributed by atoms with E-state index in [4.69, 9.17) is 10.8 Å².